The quantitative estimate of drug-likeness (QED) is 0.651. The first kappa shape index (κ1) is 9.90. The van der Waals surface area contributed by atoms with Gasteiger partial charge < -0.3 is 4.79 Å². The van der Waals surface area contributed by atoms with Crippen molar-refractivity contribution in [3.63, 3.8) is 0 Å². The molecule has 0 aliphatic rings. The van der Waals surface area contributed by atoms with E-state index in [1.165, 1.54) is 12.1 Å². The number of rotatable bonds is 4. The Bertz CT molecular complexity index is 294. The van der Waals surface area contributed by atoms with Crippen LogP contribution in [0.3, 0.4) is 0 Å². The zero-order valence-corrected chi connectivity index (χ0v) is 7.72. The van der Waals surface area contributed by atoms with E-state index in [4.69, 9.17) is 0 Å². The minimum absolute atomic E-state index is 0.208. The van der Waals surface area contributed by atoms with E-state index in [0.29, 0.717) is 12.8 Å². The smallest absolute Gasteiger partial charge is 0.123 e. The largest absolute Gasteiger partial charge is 0.303 e. The van der Waals surface area contributed by atoms with Crippen LogP contribution < -0.4 is 0 Å². The fourth-order valence-corrected chi connectivity index (χ4v) is 1.29. The molecule has 0 aromatic heterocycles. The van der Waals surface area contributed by atoms with E-state index in [2.05, 4.69) is 0 Å². The zero-order chi connectivity index (χ0) is 9.68. The molecule has 0 aliphatic carbocycles. The lowest BCUT2D eigenvalue weighted by Gasteiger charge is -2.02. The Hall–Kier alpha value is -1.18. The summed E-state index contributed by atoms with van der Waals surface area (Å²) < 4.78 is 13.0. The third kappa shape index (κ3) is 2.98. The van der Waals surface area contributed by atoms with Crippen molar-refractivity contribution in [1.29, 1.82) is 0 Å². The number of carbonyl (C=O) groups excluding carboxylic acids is 1. The van der Waals surface area contributed by atoms with Crippen LogP contribution in [0, 0.1) is 5.82 Å². The minimum Gasteiger partial charge on any atom is -0.303 e. The Morgan fingerprint density at radius 1 is 1.31 bits per heavy atom. The number of aryl methyl sites for hydroxylation is 2. The summed E-state index contributed by atoms with van der Waals surface area (Å²) in [6, 6.07) is 4.97. The molecular formula is C11H13FO. The third-order valence-electron chi connectivity index (χ3n) is 1.98. The summed E-state index contributed by atoms with van der Waals surface area (Å²) in [6.45, 7) is 1.98. The molecule has 0 radical (unpaired) electrons. The molecule has 0 aliphatic heterocycles. The number of halogens is 1. The van der Waals surface area contributed by atoms with Crippen LogP contribution in [0.25, 0.3) is 0 Å². The van der Waals surface area contributed by atoms with Crippen LogP contribution in [0.4, 0.5) is 4.39 Å². The highest BCUT2D eigenvalue weighted by molar-refractivity contribution is 5.50. The Morgan fingerprint density at radius 3 is 2.62 bits per heavy atom. The van der Waals surface area contributed by atoms with Crippen molar-refractivity contribution < 1.29 is 9.18 Å². The third-order valence-corrected chi connectivity index (χ3v) is 1.98. The molecule has 0 unspecified atom stereocenters. The summed E-state index contributed by atoms with van der Waals surface area (Å²) in [5.74, 6) is -0.208. The van der Waals surface area contributed by atoms with Gasteiger partial charge >= 0.3 is 0 Å². The monoisotopic (exact) mass is 180 g/mol. The SMILES string of the molecule is CCc1cc(F)cc(CCC=O)c1. The first-order chi connectivity index (χ1) is 6.26. The average molecular weight is 180 g/mol. The fraction of sp³-hybridized carbons (Fsp3) is 0.364. The van der Waals surface area contributed by atoms with Crippen LogP contribution in [0.2, 0.25) is 0 Å². The predicted octanol–water partition coefficient (Wildman–Crippen LogP) is 2.52. The second kappa shape index (κ2) is 4.75. The van der Waals surface area contributed by atoms with Gasteiger partial charge in [-0.15, -0.1) is 0 Å². The second-order valence-corrected chi connectivity index (χ2v) is 3.03. The number of benzene rings is 1. The van der Waals surface area contributed by atoms with Gasteiger partial charge in [-0.05, 0) is 36.1 Å². The zero-order valence-electron chi connectivity index (χ0n) is 7.72. The van der Waals surface area contributed by atoms with Crippen molar-refractivity contribution >= 4 is 6.29 Å². The molecule has 0 N–H and O–H groups in total. The number of hydrogen-bond donors (Lipinski definition) is 0. The highest BCUT2D eigenvalue weighted by Crippen LogP contribution is 2.11. The number of aldehydes is 1. The first-order valence-corrected chi connectivity index (χ1v) is 4.48. The summed E-state index contributed by atoms with van der Waals surface area (Å²) >= 11 is 0. The van der Waals surface area contributed by atoms with E-state index >= 15 is 0 Å². The van der Waals surface area contributed by atoms with E-state index in [-0.39, 0.29) is 5.82 Å². The Labute approximate surface area is 77.6 Å². The van der Waals surface area contributed by atoms with Crippen molar-refractivity contribution in [3.8, 4) is 0 Å². The van der Waals surface area contributed by atoms with Gasteiger partial charge in [0.05, 0.1) is 0 Å². The summed E-state index contributed by atoms with van der Waals surface area (Å²) in [5.41, 5.74) is 1.89. The van der Waals surface area contributed by atoms with Gasteiger partial charge in [0, 0.05) is 6.42 Å². The highest BCUT2D eigenvalue weighted by atomic mass is 19.1. The maximum absolute atomic E-state index is 13.0. The molecule has 0 spiro atoms. The molecule has 0 saturated carbocycles. The van der Waals surface area contributed by atoms with E-state index in [9.17, 15) is 9.18 Å². The maximum atomic E-state index is 13.0. The molecular weight excluding hydrogens is 167 g/mol. The van der Waals surface area contributed by atoms with Gasteiger partial charge in [0.15, 0.2) is 0 Å². The molecule has 1 nitrogen and oxygen atoms in total. The topological polar surface area (TPSA) is 17.1 Å². The number of hydrogen-bond acceptors (Lipinski definition) is 1. The number of carbonyl (C=O) groups is 1. The standard InChI is InChI=1S/C11H13FO/c1-2-9-6-10(4-3-5-13)8-11(12)7-9/h5-8H,2-4H2,1H3. The molecule has 1 aromatic carbocycles. The van der Waals surface area contributed by atoms with Crippen LogP contribution in [0.1, 0.15) is 24.5 Å². The van der Waals surface area contributed by atoms with Crippen LogP contribution in [0.5, 0.6) is 0 Å². The maximum Gasteiger partial charge on any atom is 0.123 e. The average Bonchev–Trinajstić information content (AvgIpc) is 2.14. The molecule has 0 amide bonds. The summed E-state index contributed by atoms with van der Waals surface area (Å²) in [6.07, 6.45) is 2.78. The molecule has 0 fully saturated rings. The van der Waals surface area contributed by atoms with Crippen LogP contribution in [-0.2, 0) is 17.6 Å². The molecule has 0 saturated heterocycles. The van der Waals surface area contributed by atoms with E-state index in [0.717, 1.165) is 23.8 Å². The van der Waals surface area contributed by atoms with Crippen molar-refractivity contribution in [1.82, 2.24) is 0 Å². The van der Waals surface area contributed by atoms with Crippen molar-refractivity contribution in [3.05, 3.63) is 35.1 Å². The predicted molar refractivity (Wildman–Crippen MR) is 50.2 cm³/mol. The van der Waals surface area contributed by atoms with E-state index in [1.807, 2.05) is 13.0 Å². The van der Waals surface area contributed by atoms with Crippen LogP contribution >= 0.6 is 0 Å². The van der Waals surface area contributed by atoms with Crippen LogP contribution in [0.15, 0.2) is 18.2 Å². The van der Waals surface area contributed by atoms with Gasteiger partial charge in [0.2, 0.25) is 0 Å². The van der Waals surface area contributed by atoms with Gasteiger partial charge in [0.25, 0.3) is 0 Å². The summed E-state index contributed by atoms with van der Waals surface area (Å²) in [7, 11) is 0. The van der Waals surface area contributed by atoms with E-state index < -0.39 is 0 Å². The fourth-order valence-electron chi connectivity index (χ4n) is 1.29. The van der Waals surface area contributed by atoms with Crippen molar-refractivity contribution in [2.45, 2.75) is 26.2 Å². The van der Waals surface area contributed by atoms with Gasteiger partial charge in [-0.1, -0.05) is 13.0 Å². The van der Waals surface area contributed by atoms with Gasteiger partial charge in [-0.3, -0.25) is 0 Å². The molecule has 70 valence electrons. The van der Waals surface area contributed by atoms with Crippen molar-refractivity contribution in [2.75, 3.05) is 0 Å². The lowest BCUT2D eigenvalue weighted by molar-refractivity contribution is -0.107. The van der Waals surface area contributed by atoms with E-state index in [1.54, 1.807) is 0 Å². The molecule has 1 rings (SSSR count). The minimum atomic E-state index is -0.208. The highest BCUT2D eigenvalue weighted by Gasteiger charge is 1.99. The summed E-state index contributed by atoms with van der Waals surface area (Å²) in [5, 5.41) is 0. The van der Waals surface area contributed by atoms with Gasteiger partial charge in [-0.2, -0.15) is 0 Å². The second-order valence-electron chi connectivity index (χ2n) is 3.03. The molecule has 0 heterocycles. The Balaban J connectivity index is 2.81. The first-order valence-electron chi connectivity index (χ1n) is 4.48. The molecule has 1 aromatic rings. The molecule has 0 bridgehead atoms. The normalized spacial score (nSPS) is 10.0. The lowest BCUT2D eigenvalue weighted by Crippen LogP contribution is -1.91. The van der Waals surface area contributed by atoms with Gasteiger partial charge in [0.1, 0.15) is 12.1 Å². The lowest BCUT2D eigenvalue weighted by atomic mass is 10.1. The van der Waals surface area contributed by atoms with Gasteiger partial charge in [-0.25, -0.2) is 4.39 Å². The molecule has 2 heteroatoms. The van der Waals surface area contributed by atoms with Crippen molar-refractivity contribution in [2.24, 2.45) is 0 Å². The Kier molecular flexibility index (Phi) is 3.62. The van der Waals surface area contributed by atoms with Crippen LogP contribution in [-0.4, -0.2) is 6.29 Å². The Morgan fingerprint density at radius 2 is 2.00 bits per heavy atom. The molecule has 0 atom stereocenters. The molecule has 13 heavy (non-hydrogen) atoms. The summed E-state index contributed by atoms with van der Waals surface area (Å²) in [4.78, 5) is 10.1.